The molecule has 2 N–H and O–H groups in total. The van der Waals surface area contributed by atoms with Crippen LogP contribution in [0.2, 0.25) is 0 Å². The first-order chi connectivity index (χ1) is 7.86. The van der Waals surface area contributed by atoms with Gasteiger partial charge in [-0.3, -0.25) is 0 Å². The number of rotatable bonds is 0. The minimum Gasteiger partial charge on any atom is -0.504 e. The van der Waals surface area contributed by atoms with Crippen LogP contribution in [0.25, 0.3) is 11.0 Å². The average molecular weight is 234 g/mol. The molecule has 0 aliphatic carbocycles. The summed E-state index contributed by atoms with van der Waals surface area (Å²) in [6, 6.07) is 0. The highest BCUT2D eigenvalue weighted by atomic mass is 16.4. The molecule has 2 rings (SSSR count). The first kappa shape index (κ1) is 11.5. The molecule has 0 fully saturated rings. The second-order valence-electron chi connectivity index (χ2n) is 4.29. The van der Waals surface area contributed by atoms with Gasteiger partial charge in [-0.25, -0.2) is 4.79 Å². The molecule has 17 heavy (non-hydrogen) atoms. The minimum atomic E-state index is -0.916. The van der Waals surface area contributed by atoms with Crippen molar-refractivity contribution in [2.24, 2.45) is 0 Å². The maximum atomic E-state index is 11.3. The highest BCUT2D eigenvalue weighted by Crippen LogP contribution is 2.37. The maximum Gasteiger partial charge on any atom is 0.382 e. The van der Waals surface area contributed by atoms with E-state index in [0.29, 0.717) is 11.0 Å². The van der Waals surface area contributed by atoms with Gasteiger partial charge in [-0.1, -0.05) is 0 Å². The van der Waals surface area contributed by atoms with Crippen molar-refractivity contribution in [3.63, 3.8) is 0 Å². The fraction of sp³-hybridized carbons (Fsp3) is 0.308. The van der Waals surface area contributed by atoms with E-state index in [1.807, 2.05) is 27.7 Å². The average Bonchev–Trinajstić information content (AvgIpc) is 2.30. The first-order valence-electron chi connectivity index (χ1n) is 5.31. The Morgan fingerprint density at radius 1 is 0.824 bits per heavy atom. The van der Waals surface area contributed by atoms with Crippen molar-refractivity contribution < 1.29 is 14.6 Å². The normalized spacial score (nSPS) is 11.1. The quantitative estimate of drug-likeness (QED) is 0.687. The molecule has 1 heterocycles. The van der Waals surface area contributed by atoms with E-state index in [0.717, 1.165) is 22.3 Å². The summed E-state index contributed by atoms with van der Waals surface area (Å²) in [5, 5.41) is 19.7. The van der Waals surface area contributed by atoms with Crippen LogP contribution < -0.4 is 5.63 Å². The topological polar surface area (TPSA) is 70.7 Å². The van der Waals surface area contributed by atoms with Gasteiger partial charge < -0.3 is 14.6 Å². The molecule has 0 aliphatic heterocycles. The molecule has 0 radical (unpaired) electrons. The largest absolute Gasteiger partial charge is 0.504 e. The SMILES string of the molecule is Cc1c(C)c(C)c2c(O)c(O)c(=O)oc2c1C. The van der Waals surface area contributed by atoms with Crippen LogP contribution in [-0.2, 0) is 0 Å². The van der Waals surface area contributed by atoms with E-state index in [1.54, 1.807) is 0 Å². The predicted molar refractivity (Wildman–Crippen MR) is 64.8 cm³/mol. The van der Waals surface area contributed by atoms with Gasteiger partial charge in [-0.05, 0) is 49.9 Å². The number of aromatic hydroxyl groups is 2. The molecule has 0 saturated heterocycles. The van der Waals surface area contributed by atoms with Crippen LogP contribution in [0.3, 0.4) is 0 Å². The summed E-state index contributed by atoms with van der Waals surface area (Å²) in [6.07, 6.45) is 0. The Hall–Kier alpha value is -1.97. The van der Waals surface area contributed by atoms with Crippen LogP contribution in [-0.4, -0.2) is 10.2 Å². The third-order valence-electron chi connectivity index (χ3n) is 3.48. The Labute approximate surface area is 98.1 Å². The monoisotopic (exact) mass is 234 g/mol. The highest BCUT2D eigenvalue weighted by Gasteiger charge is 2.19. The number of hydrogen-bond donors (Lipinski definition) is 2. The van der Waals surface area contributed by atoms with Gasteiger partial charge in [0.15, 0.2) is 5.75 Å². The summed E-state index contributed by atoms with van der Waals surface area (Å²) < 4.78 is 5.06. The summed E-state index contributed by atoms with van der Waals surface area (Å²) in [7, 11) is 0. The van der Waals surface area contributed by atoms with Crippen LogP contribution in [0, 0.1) is 27.7 Å². The van der Waals surface area contributed by atoms with Gasteiger partial charge in [0.2, 0.25) is 5.75 Å². The lowest BCUT2D eigenvalue weighted by molar-refractivity contribution is 0.378. The van der Waals surface area contributed by atoms with Crippen molar-refractivity contribution in [1.29, 1.82) is 0 Å². The van der Waals surface area contributed by atoms with E-state index in [9.17, 15) is 15.0 Å². The molecule has 1 aromatic heterocycles. The van der Waals surface area contributed by atoms with E-state index in [2.05, 4.69) is 0 Å². The van der Waals surface area contributed by atoms with Crippen LogP contribution in [0.15, 0.2) is 9.21 Å². The van der Waals surface area contributed by atoms with Crippen molar-refractivity contribution >= 4 is 11.0 Å². The van der Waals surface area contributed by atoms with Gasteiger partial charge in [0.1, 0.15) is 5.58 Å². The fourth-order valence-corrected chi connectivity index (χ4v) is 2.05. The van der Waals surface area contributed by atoms with E-state index in [4.69, 9.17) is 4.42 Å². The zero-order chi connectivity index (χ0) is 12.9. The molecule has 0 saturated carbocycles. The molecule has 4 heteroatoms. The summed E-state index contributed by atoms with van der Waals surface area (Å²) in [5.41, 5.74) is 3.06. The van der Waals surface area contributed by atoms with Gasteiger partial charge in [-0.2, -0.15) is 0 Å². The highest BCUT2D eigenvalue weighted by molar-refractivity contribution is 5.92. The van der Waals surface area contributed by atoms with Crippen LogP contribution in [0.4, 0.5) is 0 Å². The number of benzene rings is 1. The number of hydrogen-bond acceptors (Lipinski definition) is 4. The molecule has 1 aromatic carbocycles. The molecule has 0 spiro atoms. The second-order valence-corrected chi connectivity index (χ2v) is 4.29. The van der Waals surface area contributed by atoms with Crippen molar-refractivity contribution in [3.05, 3.63) is 32.7 Å². The van der Waals surface area contributed by atoms with E-state index < -0.39 is 17.1 Å². The van der Waals surface area contributed by atoms with Crippen LogP contribution in [0.1, 0.15) is 22.3 Å². The minimum absolute atomic E-state index is 0.339. The van der Waals surface area contributed by atoms with Crippen molar-refractivity contribution in [2.75, 3.05) is 0 Å². The maximum absolute atomic E-state index is 11.3. The lowest BCUT2D eigenvalue weighted by Crippen LogP contribution is -2.02. The Kier molecular flexibility index (Phi) is 2.38. The Balaban J connectivity index is 3.18. The first-order valence-corrected chi connectivity index (χ1v) is 5.31. The van der Waals surface area contributed by atoms with Gasteiger partial charge in [0, 0.05) is 0 Å². The van der Waals surface area contributed by atoms with E-state index in [-0.39, 0.29) is 0 Å². The van der Waals surface area contributed by atoms with Gasteiger partial charge in [0.25, 0.3) is 0 Å². The summed E-state index contributed by atoms with van der Waals surface area (Å²) >= 11 is 0. The van der Waals surface area contributed by atoms with Crippen molar-refractivity contribution in [1.82, 2.24) is 0 Å². The molecule has 0 atom stereocenters. The fourth-order valence-electron chi connectivity index (χ4n) is 2.05. The molecule has 0 bridgehead atoms. The van der Waals surface area contributed by atoms with E-state index in [1.165, 1.54) is 0 Å². The van der Waals surface area contributed by atoms with Crippen molar-refractivity contribution in [3.8, 4) is 11.5 Å². The molecule has 0 aliphatic rings. The summed E-state index contributed by atoms with van der Waals surface area (Å²) in [6.45, 7) is 7.51. The predicted octanol–water partition coefficient (Wildman–Crippen LogP) is 2.44. The zero-order valence-corrected chi connectivity index (χ0v) is 10.2. The van der Waals surface area contributed by atoms with Crippen molar-refractivity contribution in [2.45, 2.75) is 27.7 Å². The third-order valence-corrected chi connectivity index (χ3v) is 3.48. The molecular formula is C13H14O4. The second kappa shape index (κ2) is 3.52. The molecule has 0 unspecified atom stereocenters. The Morgan fingerprint density at radius 2 is 1.35 bits per heavy atom. The molecule has 4 nitrogen and oxygen atoms in total. The third kappa shape index (κ3) is 1.40. The molecule has 0 amide bonds. The van der Waals surface area contributed by atoms with E-state index >= 15 is 0 Å². The molecule has 2 aromatic rings. The van der Waals surface area contributed by atoms with Crippen LogP contribution in [0.5, 0.6) is 11.5 Å². The molecule has 90 valence electrons. The van der Waals surface area contributed by atoms with Gasteiger partial charge >= 0.3 is 5.63 Å². The Morgan fingerprint density at radius 3 is 1.94 bits per heavy atom. The Bertz CT molecular complexity index is 680. The standard InChI is InChI=1S/C13H14O4/c1-5-6(2)8(4)12-9(7(5)3)10(14)11(15)13(16)17-12/h14-15H,1-4H3. The number of fused-ring (bicyclic) bond motifs is 1. The van der Waals surface area contributed by atoms with Crippen LogP contribution >= 0.6 is 0 Å². The lowest BCUT2D eigenvalue weighted by Gasteiger charge is -2.13. The summed E-state index contributed by atoms with van der Waals surface area (Å²) in [4.78, 5) is 11.3. The molecular weight excluding hydrogens is 220 g/mol. The van der Waals surface area contributed by atoms with Gasteiger partial charge in [0.05, 0.1) is 5.39 Å². The lowest BCUT2D eigenvalue weighted by atomic mass is 9.95. The smallest absolute Gasteiger partial charge is 0.382 e. The van der Waals surface area contributed by atoms with Gasteiger partial charge in [-0.15, -0.1) is 0 Å². The zero-order valence-electron chi connectivity index (χ0n) is 10.2. The summed E-state index contributed by atoms with van der Waals surface area (Å²) in [5.74, 6) is -1.14. The number of aryl methyl sites for hydroxylation is 2.